The zero-order valence-electron chi connectivity index (χ0n) is 20.5. The molecule has 5 rings (SSSR count). The van der Waals surface area contributed by atoms with E-state index in [1.54, 1.807) is 12.1 Å². The molecule has 0 unspecified atom stereocenters. The Hall–Kier alpha value is -3.34. The van der Waals surface area contributed by atoms with Crippen LogP contribution in [0.25, 0.3) is 16.9 Å². The van der Waals surface area contributed by atoms with Gasteiger partial charge in [0.2, 0.25) is 11.9 Å². The van der Waals surface area contributed by atoms with Crippen LogP contribution in [0, 0.1) is 6.92 Å². The number of amides is 1. The van der Waals surface area contributed by atoms with Crippen LogP contribution >= 0.6 is 0 Å². The van der Waals surface area contributed by atoms with E-state index < -0.39 is 6.43 Å². The Bertz CT molecular complexity index is 1230. The molecule has 9 nitrogen and oxygen atoms in total. The van der Waals surface area contributed by atoms with Crippen molar-refractivity contribution in [3.63, 3.8) is 0 Å². The van der Waals surface area contributed by atoms with Crippen molar-refractivity contribution in [1.29, 1.82) is 0 Å². The number of nitrogens with zero attached hydrogens (tertiary/aromatic N) is 5. The maximum Gasteiger partial charge on any atom is 0.296 e. The minimum Gasteiger partial charge on any atom is -0.378 e. The number of morpholine rings is 1. The van der Waals surface area contributed by atoms with Crippen LogP contribution in [0.1, 0.15) is 50.4 Å². The van der Waals surface area contributed by atoms with E-state index >= 15 is 0 Å². The van der Waals surface area contributed by atoms with Gasteiger partial charge >= 0.3 is 0 Å². The molecule has 2 fully saturated rings. The number of nitrogens with one attached hydrogen (secondary N) is 2. The smallest absolute Gasteiger partial charge is 0.296 e. The van der Waals surface area contributed by atoms with E-state index in [4.69, 9.17) is 14.7 Å². The fourth-order valence-electron chi connectivity index (χ4n) is 5.00. The lowest BCUT2D eigenvalue weighted by Crippen LogP contribution is -2.39. The molecule has 1 aliphatic heterocycles. The molecule has 2 aromatic heterocycles. The highest BCUT2D eigenvalue weighted by atomic mass is 19.3. The number of carbonyl (C=O) groups excluding carboxylic acids is 1. The molecule has 0 atom stereocenters. The fraction of sp³-hybridized carbons (Fsp3) is 0.520. The van der Waals surface area contributed by atoms with Crippen LogP contribution in [-0.4, -0.2) is 63.8 Å². The summed E-state index contributed by atoms with van der Waals surface area (Å²) in [4.78, 5) is 27.1. The van der Waals surface area contributed by atoms with Crippen LogP contribution in [-0.2, 0) is 9.53 Å². The summed E-state index contributed by atoms with van der Waals surface area (Å²) >= 11 is 0. The zero-order valence-corrected chi connectivity index (χ0v) is 20.5. The number of rotatable bonds is 6. The Balaban J connectivity index is 1.51. The number of fused-ring (bicyclic) bond motifs is 1. The Morgan fingerprint density at radius 2 is 1.72 bits per heavy atom. The van der Waals surface area contributed by atoms with Gasteiger partial charge in [-0.15, -0.1) is 0 Å². The van der Waals surface area contributed by atoms with Gasteiger partial charge < -0.3 is 20.3 Å². The molecule has 3 aromatic rings. The van der Waals surface area contributed by atoms with Crippen LogP contribution in [0.15, 0.2) is 24.3 Å². The van der Waals surface area contributed by atoms with Crippen LogP contribution < -0.4 is 15.5 Å². The summed E-state index contributed by atoms with van der Waals surface area (Å²) in [6.45, 7) is 5.91. The highest BCUT2D eigenvalue weighted by molar-refractivity contribution is 5.79. The number of ether oxygens (including phenoxy) is 1. The van der Waals surface area contributed by atoms with Crippen molar-refractivity contribution in [2.45, 2.75) is 58.0 Å². The fourth-order valence-corrected chi connectivity index (χ4v) is 5.00. The van der Waals surface area contributed by atoms with E-state index in [9.17, 15) is 13.6 Å². The monoisotopic (exact) mass is 499 g/mol. The van der Waals surface area contributed by atoms with Crippen molar-refractivity contribution in [2.24, 2.45) is 0 Å². The first kappa shape index (κ1) is 24.4. The van der Waals surface area contributed by atoms with Crippen LogP contribution in [0.2, 0.25) is 0 Å². The lowest BCUT2D eigenvalue weighted by molar-refractivity contribution is -0.119. The maximum atomic E-state index is 14.1. The summed E-state index contributed by atoms with van der Waals surface area (Å²) in [5.74, 6) is 1.04. The van der Waals surface area contributed by atoms with Crippen molar-refractivity contribution >= 4 is 28.7 Å². The van der Waals surface area contributed by atoms with Gasteiger partial charge in [0.05, 0.1) is 24.2 Å². The summed E-state index contributed by atoms with van der Waals surface area (Å²) in [6, 6.07) is 7.51. The van der Waals surface area contributed by atoms with Crippen LogP contribution in [0.3, 0.4) is 0 Å². The second-order valence-corrected chi connectivity index (χ2v) is 9.50. The number of hydrogen-bond acceptors (Lipinski definition) is 7. The number of anilines is 2. The molecule has 36 heavy (non-hydrogen) atoms. The second kappa shape index (κ2) is 10.3. The third kappa shape index (κ3) is 5.25. The number of aromatic nitrogens is 4. The number of halogens is 2. The number of alkyl halides is 2. The molecule has 192 valence electrons. The van der Waals surface area contributed by atoms with Crippen LogP contribution in [0.5, 0.6) is 0 Å². The molecule has 3 heterocycles. The molecule has 1 saturated carbocycles. The Morgan fingerprint density at radius 1 is 1.03 bits per heavy atom. The average Bonchev–Trinajstić information content (AvgIpc) is 3.24. The number of benzene rings is 1. The summed E-state index contributed by atoms with van der Waals surface area (Å²) in [6.07, 6.45) is 0.643. The van der Waals surface area contributed by atoms with E-state index in [0.29, 0.717) is 54.9 Å². The van der Waals surface area contributed by atoms with Crippen molar-refractivity contribution in [1.82, 2.24) is 24.8 Å². The average molecular weight is 500 g/mol. The molecule has 0 spiro atoms. The standard InChI is InChI=1S/C25H31F2N7O2/c1-15-3-8-19-20(13-15)34(24(30-19)23(26)27)22-14-21(33-9-11-36-12-10-33)31-25(32-22)29-18-6-4-17(5-7-18)28-16(2)35/h3,8,13-14,17-18,23H,4-7,9-12H2,1-2H3,(H,28,35)(H,29,31,32). The van der Waals surface area contributed by atoms with Gasteiger partial charge in [-0.3, -0.25) is 9.36 Å². The normalized spacial score (nSPS) is 20.6. The summed E-state index contributed by atoms with van der Waals surface area (Å²) < 4.78 is 35.1. The minimum absolute atomic E-state index is 0.0183. The van der Waals surface area contributed by atoms with Crippen molar-refractivity contribution in [3.8, 4) is 5.82 Å². The van der Waals surface area contributed by atoms with E-state index in [1.807, 2.05) is 19.1 Å². The summed E-state index contributed by atoms with van der Waals surface area (Å²) in [5, 5.41) is 6.42. The largest absolute Gasteiger partial charge is 0.378 e. The third-order valence-corrected chi connectivity index (χ3v) is 6.76. The number of aryl methyl sites for hydroxylation is 1. The highest BCUT2D eigenvalue weighted by Gasteiger charge is 2.26. The first-order valence-corrected chi connectivity index (χ1v) is 12.4. The van der Waals surface area contributed by atoms with E-state index in [-0.39, 0.29) is 23.8 Å². The number of carbonyl (C=O) groups is 1. The third-order valence-electron chi connectivity index (χ3n) is 6.76. The molecular weight excluding hydrogens is 468 g/mol. The zero-order chi connectivity index (χ0) is 25.2. The van der Waals surface area contributed by atoms with Gasteiger partial charge in [0.1, 0.15) is 11.6 Å². The molecule has 1 aliphatic carbocycles. The van der Waals surface area contributed by atoms with E-state index in [2.05, 4.69) is 20.5 Å². The van der Waals surface area contributed by atoms with Gasteiger partial charge in [0.25, 0.3) is 6.43 Å². The van der Waals surface area contributed by atoms with Gasteiger partial charge in [-0.2, -0.15) is 9.97 Å². The second-order valence-electron chi connectivity index (χ2n) is 9.50. The van der Waals surface area contributed by atoms with Gasteiger partial charge in [-0.25, -0.2) is 13.8 Å². The highest BCUT2D eigenvalue weighted by Crippen LogP contribution is 2.30. The summed E-state index contributed by atoms with van der Waals surface area (Å²) in [7, 11) is 0. The molecule has 2 N–H and O–H groups in total. The Kier molecular flexibility index (Phi) is 6.99. The van der Waals surface area contributed by atoms with E-state index in [0.717, 1.165) is 31.2 Å². The number of hydrogen-bond donors (Lipinski definition) is 2. The first-order valence-electron chi connectivity index (χ1n) is 12.4. The lowest BCUT2D eigenvalue weighted by atomic mass is 9.91. The van der Waals surface area contributed by atoms with Crippen molar-refractivity contribution < 1.29 is 18.3 Å². The van der Waals surface area contributed by atoms with Gasteiger partial charge in [-0.05, 0) is 50.3 Å². The first-order chi connectivity index (χ1) is 17.4. The predicted molar refractivity (Wildman–Crippen MR) is 133 cm³/mol. The summed E-state index contributed by atoms with van der Waals surface area (Å²) in [5.41, 5.74) is 2.02. The molecule has 1 saturated heterocycles. The Morgan fingerprint density at radius 3 is 2.42 bits per heavy atom. The Labute approximate surface area is 208 Å². The van der Waals surface area contributed by atoms with Gasteiger partial charge in [-0.1, -0.05) is 6.07 Å². The minimum atomic E-state index is -2.76. The molecule has 2 aliphatic rings. The molecular formula is C25H31F2N7O2. The topological polar surface area (TPSA) is 97.2 Å². The lowest BCUT2D eigenvalue weighted by Gasteiger charge is -2.31. The SMILES string of the molecule is CC(=O)NC1CCC(Nc2nc(N3CCOCC3)cc(-n3c(C(F)F)nc4ccc(C)cc43)n2)CC1. The number of imidazole rings is 1. The predicted octanol–water partition coefficient (Wildman–Crippen LogP) is 3.76. The maximum absolute atomic E-state index is 14.1. The van der Waals surface area contributed by atoms with Crippen LogP contribution in [0.4, 0.5) is 20.5 Å². The molecule has 11 heteroatoms. The molecule has 0 radical (unpaired) electrons. The van der Waals surface area contributed by atoms with Crippen molar-refractivity contribution in [2.75, 3.05) is 36.5 Å². The van der Waals surface area contributed by atoms with Gasteiger partial charge in [0.15, 0.2) is 5.82 Å². The molecule has 1 amide bonds. The molecule has 1 aromatic carbocycles. The quantitative estimate of drug-likeness (QED) is 0.533. The van der Waals surface area contributed by atoms with Crippen molar-refractivity contribution in [3.05, 3.63) is 35.7 Å². The van der Waals surface area contributed by atoms with Gasteiger partial charge in [0, 0.05) is 38.2 Å². The van der Waals surface area contributed by atoms with E-state index in [1.165, 1.54) is 11.5 Å². The molecule has 0 bridgehead atoms.